The van der Waals surface area contributed by atoms with Crippen LogP contribution >= 0.6 is 0 Å². The number of carbonyl (C=O) groups is 1. The van der Waals surface area contributed by atoms with Crippen molar-refractivity contribution in [3.05, 3.63) is 29.8 Å². The van der Waals surface area contributed by atoms with Gasteiger partial charge in [-0.1, -0.05) is 26.0 Å². The fourth-order valence-electron chi connectivity index (χ4n) is 1.80. The zero-order chi connectivity index (χ0) is 13.4. The number of hydrogen-bond donors (Lipinski definition) is 2. The normalized spacial score (nSPS) is 10.6. The van der Waals surface area contributed by atoms with E-state index in [9.17, 15) is 4.79 Å². The van der Waals surface area contributed by atoms with Crippen LogP contribution in [0.1, 0.15) is 25.8 Å². The minimum Gasteiger partial charge on any atom is -0.481 e. The Balaban J connectivity index is 2.53. The summed E-state index contributed by atoms with van der Waals surface area (Å²) < 4.78 is 0. The Labute approximate surface area is 109 Å². The van der Waals surface area contributed by atoms with Crippen molar-refractivity contribution in [2.75, 3.05) is 25.0 Å². The summed E-state index contributed by atoms with van der Waals surface area (Å²) >= 11 is 0. The van der Waals surface area contributed by atoms with E-state index in [4.69, 9.17) is 5.11 Å². The number of carboxylic acids is 1. The molecule has 0 aliphatic heterocycles. The molecule has 0 spiro atoms. The van der Waals surface area contributed by atoms with Gasteiger partial charge in [0.05, 0.1) is 6.42 Å². The molecule has 0 aliphatic carbocycles. The van der Waals surface area contributed by atoms with E-state index in [1.807, 2.05) is 12.1 Å². The number of carboxylic acid groups (broad SMARTS) is 1. The summed E-state index contributed by atoms with van der Waals surface area (Å²) in [5.74, 6) is -0.776. The molecule has 2 N–H and O–H groups in total. The average Bonchev–Trinajstić information content (AvgIpc) is 2.36. The molecule has 0 saturated carbocycles. The van der Waals surface area contributed by atoms with Crippen LogP contribution in [-0.2, 0) is 11.3 Å². The van der Waals surface area contributed by atoms with Crippen molar-refractivity contribution < 1.29 is 9.90 Å². The Morgan fingerprint density at radius 1 is 1.33 bits per heavy atom. The van der Waals surface area contributed by atoms with Crippen molar-refractivity contribution in [3.8, 4) is 0 Å². The first-order chi connectivity index (χ1) is 8.65. The van der Waals surface area contributed by atoms with Gasteiger partial charge in [0.25, 0.3) is 0 Å². The first kappa shape index (κ1) is 14.5. The van der Waals surface area contributed by atoms with Crippen molar-refractivity contribution >= 4 is 11.7 Å². The van der Waals surface area contributed by atoms with Crippen molar-refractivity contribution in [2.45, 2.75) is 26.8 Å². The molecule has 100 valence electrons. The van der Waals surface area contributed by atoms with E-state index in [1.54, 1.807) is 0 Å². The van der Waals surface area contributed by atoms with Gasteiger partial charge >= 0.3 is 5.97 Å². The third-order valence-corrected chi connectivity index (χ3v) is 2.90. The van der Waals surface area contributed by atoms with Crippen LogP contribution in [0.5, 0.6) is 0 Å². The largest absolute Gasteiger partial charge is 0.481 e. The molecule has 0 aromatic heterocycles. The highest BCUT2D eigenvalue weighted by atomic mass is 16.4. The van der Waals surface area contributed by atoms with Crippen LogP contribution < -0.4 is 5.32 Å². The van der Waals surface area contributed by atoms with Gasteiger partial charge in [0, 0.05) is 18.8 Å². The highest BCUT2D eigenvalue weighted by molar-refractivity contribution is 5.67. The SMILES string of the molecule is CCN(CC)Cc1cccc(NCCC(=O)O)c1. The van der Waals surface area contributed by atoms with Gasteiger partial charge in [0.2, 0.25) is 0 Å². The summed E-state index contributed by atoms with van der Waals surface area (Å²) in [5, 5.41) is 11.7. The summed E-state index contributed by atoms with van der Waals surface area (Å²) in [7, 11) is 0. The zero-order valence-electron chi connectivity index (χ0n) is 11.1. The number of nitrogens with one attached hydrogen (secondary N) is 1. The third-order valence-electron chi connectivity index (χ3n) is 2.90. The van der Waals surface area contributed by atoms with E-state index >= 15 is 0 Å². The summed E-state index contributed by atoms with van der Waals surface area (Å²) in [6.45, 7) is 7.77. The zero-order valence-corrected chi connectivity index (χ0v) is 11.1. The number of anilines is 1. The third kappa shape index (κ3) is 5.19. The maximum Gasteiger partial charge on any atom is 0.305 e. The summed E-state index contributed by atoms with van der Waals surface area (Å²) in [4.78, 5) is 12.8. The topological polar surface area (TPSA) is 52.6 Å². The summed E-state index contributed by atoms with van der Waals surface area (Å²) in [5.41, 5.74) is 2.24. The Morgan fingerprint density at radius 2 is 2.06 bits per heavy atom. The number of rotatable bonds is 8. The lowest BCUT2D eigenvalue weighted by atomic mass is 10.2. The lowest BCUT2D eigenvalue weighted by molar-refractivity contribution is -0.136. The Kier molecular flexibility index (Phi) is 6.22. The van der Waals surface area contributed by atoms with Crippen molar-refractivity contribution in [2.24, 2.45) is 0 Å². The molecular weight excluding hydrogens is 228 g/mol. The molecule has 1 rings (SSSR count). The van der Waals surface area contributed by atoms with Gasteiger partial charge in [0.1, 0.15) is 0 Å². The van der Waals surface area contributed by atoms with Crippen LogP contribution in [0.4, 0.5) is 5.69 Å². The van der Waals surface area contributed by atoms with E-state index < -0.39 is 5.97 Å². The molecule has 4 heteroatoms. The van der Waals surface area contributed by atoms with Crippen LogP contribution in [0.25, 0.3) is 0 Å². The quantitative estimate of drug-likeness (QED) is 0.744. The van der Waals surface area contributed by atoms with Crippen LogP contribution in [0.2, 0.25) is 0 Å². The molecule has 0 atom stereocenters. The van der Waals surface area contributed by atoms with Crippen LogP contribution in [0.3, 0.4) is 0 Å². The van der Waals surface area contributed by atoms with Crippen molar-refractivity contribution in [1.29, 1.82) is 0 Å². The molecule has 0 unspecified atom stereocenters. The molecular formula is C14H22N2O2. The number of nitrogens with zero attached hydrogens (tertiary/aromatic N) is 1. The first-order valence-corrected chi connectivity index (χ1v) is 6.42. The second-order valence-electron chi connectivity index (χ2n) is 4.23. The lowest BCUT2D eigenvalue weighted by Crippen LogP contribution is -2.22. The smallest absolute Gasteiger partial charge is 0.305 e. The van der Waals surface area contributed by atoms with Crippen molar-refractivity contribution in [3.63, 3.8) is 0 Å². The molecule has 0 heterocycles. The lowest BCUT2D eigenvalue weighted by Gasteiger charge is -2.18. The minimum absolute atomic E-state index is 0.139. The highest BCUT2D eigenvalue weighted by Crippen LogP contribution is 2.12. The first-order valence-electron chi connectivity index (χ1n) is 6.42. The van der Waals surface area contributed by atoms with E-state index in [0.29, 0.717) is 6.54 Å². The van der Waals surface area contributed by atoms with Gasteiger partial charge in [-0.3, -0.25) is 9.69 Å². The predicted octanol–water partition coefficient (Wildman–Crippen LogP) is 2.42. The predicted molar refractivity (Wildman–Crippen MR) is 73.8 cm³/mol. The summed E-state index contributed by atoms with van der Waals surface area (Å²) in [6, 6.07) is 8.15. The van der Waals surface area contributed by atoms with Crippen LogP contribution in [0.15, 0.2) is 24.3 Å². The molecule has 1 aromatic rings. The van der Waals surface area contributed by atoms with Gasteiger partial charge in [-0.25, -0.2) is 0 Å². The van der Waals surface area contributed by atoms with Gasteiger partial charge in [-0.2, -0.15) is 0 Å². The maximum atomic E-state index is 10.4. The molecule has 0 saturated heterocycles. The fraction of sp³-hybridized carbons (Fsp3) is 0.500. The van der Waals surface area contributed by atoms with Gasteiger partial charge in [-0.15, -0.1) is 0 Å². The standard InChI is InChI=1S/C14H22N2O2/c1-3-16(4-2)11-12-6-5-7-13(10-12)15-9-8-14(17)18/h5-7,10,15H,3-4,8-9,11H2,1-2H3,(H,17,18). The van der Waals surface area contributed by atoms with E-state index in [0.717, 1.165) is 25.3 Å². The molecule has 4 nitrogen and oxygen atoms in total. The van der Waals surface area contributed by atoms with E-state index in [1.165, 1.54) is 5.56 Å². The van der Waals surface area contributed by atoms with Gasteiger partial charge in [-0.05, 0) is 30.8 Å². The molecule has 1 aromatic carbocycles. The van der Waals surface area contributed by atoms with E-state index in [2.05, 4.69) is 36.2 Å². The van der Waals surface area contributed by atoms with Crippen molar-refractivity contribution in [1.82, 2.24) is 4.90 Å². The monoisotopic (exact) mass is 250 g/mol. The average molecular weight is 250 g/mol. The molecule has 0 radical (unpaired) electrons. The Bertz CT molecular complexity index is 376. The minimum atomic E-state index is -0.776. The van der Waals surface area contributed by atoms with Crippen LogP contribution in [-0.4, -0.2) is 35.6 Å². The fourth-order valence-corrected chi connectivity index (χ4v) is 1.80. The van der Waals surface area contributed by atoms with Crippen LogP contribution in [0, 0.1) is 0 Å². The number of benzene rings is 1. The van der Waals surface area contributed by atoms with Gasteiger partial charge in [0.15, 0.2) is 0 Å². The second kappa shape index (κ2) is 7.71. The molecule has 0 bridgehead atoms. The Hall–Kier alpha value is -1.55. The molecule has 0 aliphatic rings. The maximum absolute atomic E-state index is 10.4. The second-order valence-corrected chi connectivity index (χ2v) is 4.23. The molecule has 18 heavy (non-hydrogen) atoms. The number of hydrogen-bond acceptors (Lipinski definition) is 3. The Morgan fingerprint density at radius 3 is 2.67 bits per heavy atom. The van der Waals surface area contributed by atoms with E-state index in [-0.39, 0.29) is 6.42 Å². The highest BCUT2D eigenvalue weighted by Gasteiger charge is 2.02. The number of aliphatic carboxylic acids is 1. The van der Waals surface area contributed by atoms with Gasteiger partial charge < -0.3 is 10.4 Å². The summed E-state index contributed by atoms with van der Waals surface area (Å²) in [6.07, 6.45) is 0.139. The molecule has 0 fully saturated rings. The molecule has 0 amide bonds.